The molecule has 0 aliphatic rings. The summed E-state index contributed by atoms with van der Waals surface area (Å²) in [4.78, 5) is 0. The van der Waals surface area contributed by atoms with Crippen LogP contribution in [0.15, 0.2) is 91.0 Å². The van der Waals surface area contributed by atoms with Crippen LogP contribution in [0.25, 0.3) is 21.5 Å². The molecule has 0 amide bonds. The van der Waals surface area contributed by atoms with E-state index in [9.17, 15) is 8.78 Å². The molecule has 158 valence electrons. The molecular formula is C27H17F4P. The zero-order valence-electron chi connectivity index (χ0n) is 16.8. The third-order valence-corrected chi connectivity index (χ3v) is 9.37. The average molecular weight is 448 g/mol. The van der Waals surface area contributed by atoms with Crippen LogP contribution in [0.2, 0.25) is 0 Å². The number of halogens is 4. The minimum absolute atomic E-state index is 0.0672. The Morgan fingerprint density at radius 1 is 0.500 bits per heavy atom. The molecule has 0 aromatic heterocycles. The first-order valence-corrected chi connectivity index (χ1v) is 11.9. The van der Waals surface area contributed by atoms with Gasteiger partial charge in [0.15, 0.2) is 23.3 Å². The Morgan fingerprint density at radius 2 is 1.00 bits per heavy atom. The van der Waals surface area contributed by atoms with Crippen LogP contribution in [-0.2, 0) is 0 Å². The lowest BCUT2D eigenvalue weighted by Gasteiger charge is -2.29. The van der Waals surface area contributed by atoms with Gasteiger partial charge in [-0.25, -0.2) is 17.6 Å². The molecule has 0 saturated heterocycles. The van der Waals surface area contributed by atoms with E-state index in [0.717, 1.165) is 33.7 Å². The Bertz CT molecular complexity index is 1500. The highest BCUT2D eigenvalue weighted by atomic mass is 31.2. The van der Waals surface area contributed by atoms with Crippen LogP contribution in [0.4, 0.5) is 17.6 Å². The van der Waals surface area contributed by atoms with Crippen LogP contribution >= 0.6 is 6.89 Å². The molecule has 0 aliphatic carbocycles. The van der Waals surface area contributed by atoms with E-state index in [1.54, 1.807) is 0 Å². The van der Waals surface area contributed by atoms with Gasteiger partial charge in [0.05, 0.1) is 0 Å². The zero-order chi connectivity index (χ0) is 22.5. The highest BCUT2D eigenvalue weighted by Gasteiger charge is 2.32. The molecule has 0 heterocycles. The molecule has 5 aromatic carbocycles. The van der Waals surface area contributed by atoms with Crippen molar-refractivity contribution in [2.45, 2.75) is 0 Å². The first kappa shape index (κ1) is 20.5. The number of hydrogen-bond donors (Lipinski definition) is 0. The molecule has 5 aromatic rings. The van der Waals surface area contributed by atoms with Crippen LogP contribution < -0.4 is 15.9 Å². The van der Waals surface area contributed by atoms with Crippen molar-refractivity contribution < 1.29 is 17.6 Å². The molecule has 0 bridgehead atoms. The standard InChI is InChI=1S/C27H17F4P/c1-32(23-14-6-12-21(28)26(23)30,24-15-7-13-22(29)27(24)31)25-16-17-8-2-3-9-18(17)19-10-4-5-11-20(19)25/h2-16H,1H2. The van der Waals surface area contributed by atoms with Crippen molar-refractivity contribution in [1.29, 1.82) is 0 Å². The smallest absolute Gasteiger partial charge is 0.167 e. The van der Waals surface area contributed by atoms with Crippen molar-refractivity contribution in [2.75, 3.05) is 0 Å². The van der Waals surface area contributed by atoms with E-state index < -0.39 is 30.2 Å². The maximum atomic E-state index is 15.2. The van der Waals surface area contributed by atoms with Gasteiger partial charge in [-0.3, -0.25) is 0 Å². The Labute approximate surface area is 182 Å². The quantitative estimate of drug-likeness (QED) is 0.173. The fraction of sp³-hybridized carbons (Fsp3) is 0. The molecule has 0 nitrogen and oxygen atoms in total. The van der Waals surface area contributed by atoms with Gasteiger partial charge in [-0.05, 0) is 51.9 Å². The number of rotatable bonds is 3. The number of benzene rings is 5. The molecule has 0 saturated carbocycles. The third kappa shape index (κ3) is 2.98. The fourth-order valence-corrected chi connectivity index (χ4v) is 7.62. The van der Waals surface area contributed by atoms with Gasteiger partial charge in [-0.2, -0.15) is 0 Å². The van der Waals surface area contributed by atoms with Gasteiger partial charge < -0.3 is 0 Å². The lowest BCUT2D eigenvalue weighted by molar-refractivity contribution is 0.513. The van der Waals surface area contributed by atoms with Crippen LogP contribution in [0.3, 0.4) is 0 Å². The van der Waals surface area contributed by atoms with Gasteiger partial charge in [0.2, 0.25) is 0 Å². The predicted octanol–water partition coefficient (Wildman–Crippen LogP) is 6.28. The summed E-state index contributed by atoms with van der Waals surface area (Å²) in [6, 6.07) is 24.6. The lowest BCUT2D eigenvalue weighted by atomic mass is 10.0. The summed E-state index contributed by atoms with van der Waals surface area (Å²) in [5.41, 5.74) is 0. The fourth-order valence-electron chi connectivity index (χ4n) is 4.31. The van der Waals surface area contributed by atoms with Crippen LogP contribution in [0.5, 0.6) is 0 Å². The molecule has 0 radical (unpaired) electrons. The molecule has 0 N–H and O–H groups in total. The van der Waals surface area contributed by atoms with Crippen molar-refractivity contribution in [3.05, 3.63) is 114 Å². The molecular weight excluding hydrogens is 431 g/mol. The van der Waals surface area contributed by atoms with E-state index in [0.29, 0.717) is 5.30 Å². The van der Waals surface area contributed by atoms with Gasteiger partial charge >= 0.3 is 0 Å². The minimum Gasteiger partial charge on any atom is -0.204 e. The zero-order valence-corrected chi connectivity index (χ0v) is 17.7. The van der Waals surface area contributed by atoms with Crippen molar-refractivity contribution in [1.82, 2.24) is 0 Å². The summed E-state index contributed by atoms with van der Waals surface area (Å²) < 4.78 is 59.1. The first-order valence-electron chi connectivity index (χ1n) is 9.96. The summed E-state index contributed by atoms with van der Waals surface area (Å²) in [6.45, 7) is -3.39. The van der Waals surface area contributed by atoms with Crippen LogP contribution in [-0.4, -0.2) is 6.30 Å². The first-order chi connectivity index (χ1) is 15.4. The monoisotopic (exact) mass is 448 g/mol. The second kappa shape index (κ2) is 7.65. The number of hydrogen-bond acceptors (Lipinski definition) is 0. The van der Waals surface area contributed by atoms with E-state index in [1.165, 1.54) is 24.3 Å². The van der Waals surface area contributed by atoms with Gasteiger partial charge in [0, 0.05) is 10.6 Å². The van der Waals surface area contributed by atoms with Crippen molar-refractivity contribution in [3.63, 3.8) is 0 Å². The molecule has 5 heteroatoms. The highest BCUT2D eigenvalue weighted by Crippen LogP contribution is 2.46. The summed E-state index contributed by atoms with van der Waals surface area (Å²) in [5, 5.41) is 3.86. The van der Waals surface area contributed by atoms with Crippen molar-refractivity contribution in [3.8, 4) is 0 Å². The van der Waals surface area contributed by atoms with Crippen molar-refractivity contribution in [2.24, 2.45) is 0 Å². The molecule has 0 aliphatic heterocycles. The molecule has 0 spiro atoms. The molecule has 0 unspecified atom stereocenters. The Hall–Kier alpha value is -3.36. The predicted molar refractivity (Wildman–Crippen MR) is 127 cm³/mol. The topological polar surface area (TPSA) is 0 Å². The summed E-state index contributed by atoms with van der Waals surface area (Å²) in [6.07, 6.45) is 4.34. The average Bonchev–Trinajstić information content (AvgIpc) is 2.81. The van der Waals surface area contributed by atoms with Gasteiger partial charge in [0.25, 0.3) is 0 Å². The van der Waals surface area contributed by atoms with E-state index in [-0.39, 0.29) is 10.6 Å². The molecule has 5 rings (SSSR count). The van der Waals surface area contributed by atoms with Gasteiger partial charge in [0.1, 0.15) is 0 Å². The SMILES string of the molecule is C=P(c1cccc(F)c1F)(c1cccc(F)c1F)c1cc2ccccc2c2ccccc12. The largest absolute Gasteiger partial charge is 0.204 e. The van der Waals surface area contributed by atoms with Crippen LogP contribution in [0, 0.1) is 23.3 Å². The Kier molecular flexibility index (Phi) is 4.91. The second-order valence-corrected chi connectivity index (χ2v) is 10.7. The van der Waals surface area contributed by atoms with Crippen molar-refractivity contribution >= 4 is 50.6 Å². The maximum absolute atomic E-state index is 15.2. The van der Waals surface area contributed by atoms with E-state index in [2.05, 4.69) is 6.30 Å². The summed E-state index contributed by atoms with van der Waals surface area (Å²) >= 11 is 0. The lowest BCUT2D eigenvalue weighted by Crippen LogP contribution is -2.31. The van der Waals surface area contributed by atoms with Gasteiger partial charge in [-0.1, -0.05) is 79.1 Å². The third-order valence-electron chi connectivity index (χ3n) is 5.84. The van der Waals surface area contributed by atoms with E-state index >= 15 is 8.78 Å². The van der Waals surface area contributed by atoms with E-state index in [4.69, 9.17) is 0 Å². The maximum Gasteiger partial charge on any atom is 0.167 e. The Balaban J connectivity index is 2.01. The number of fused-ring (bicyclic) bond motifs is 3. The molecule has 0 atom stereocenters. The highest BCUT2D eigenvalue weighted by molar-refractivity contribution is 7.93. The second-order valence-electron chi connectivity index (χ2n) is 7.62. The Morgan fingerprint density at radius 3 is 1.59 bits per heavy atom. The molecule has 0 fully saturated rings. The van der Waals surface area contributed by atoms with E-state index in [1.807, 2.05) is 54.6 Å². The molecule has 32 heavy (non-hydrogen) atoms. The normalized spacial score (nSPS) is 11.9. The van der Waals surface area contributed by atoms with Crippen LogP contribution in [0.1, 0.15) is 0 Å². The summed E-state index contributed by atoms with van der Waals surface area (Å²) in [7, 11) is 0. The van der Waals surface area contributed by atoms with Gasteiger partial charge in [-0.15, -0.1) is 0 Å². The summed E-state index contributed by atoms with van der Waals surface area (Å²) in [5.74, 6) is -4.32. The minimum atomic E-state index is -3.39.